The van der Waals surface area contributed by atoms with Gasteiger partial charge in [-0.15, -0.1) is 0 Å². The Labute approximate surface area is 137 Å². The minimum Gasteiger partial charge on any atom is -0.434 e. The number of rotatable bonds is 4. The quantitative estimate of drug-likeness (QED) is 0.368. The van der Waals surface area contributed by atoms with Gasteiger partial charge in [0.25, 0.3) is 0 Å². The average Bonchev–Trinajstić information content (AvgIpc) is 2.60. The number of benzene rings is 2. The van der Waals surface area contributed by atoms with E-state index in [1.807, 2.05) is 0 Å². The van der Waals surface area contributed by atoms with Crippen LogP contribution in [0.15, 0.2) is 54.6 Å². The monoisotopic (exact) mass is 330 g/mol. The first-order valence-electron chi connectivity index (χ1n) is 7.03. The second-order valence-corrected chi connectivity index (χ2v) is 4.39. The predicted molar refractivity (Wildman–Crippen MR) is 81.4 cm³/mol. The van der Waals surface area contributed by atoms with Crippen molar-refractivity contribution in [3.63, 3.8) is 0 Å². The van der Waals surface area contributed by atoms with Crippen molar-refractivity contribution >= 4 is 18.1 Å². The number of carbonyl (C=O) groups is 3. The summed E-state index contributed by atoms with van der Waals surface area (Å²) >= 11 is 0. The number of carbonyl (C=O) groups excluding carboxylic acids is 3. The van der Waals surface area contributed by atoms with E-state index >= 15 is 0 Å². The van der Waals surface area contributed by atoms with E-state index in [1.54, 1.807) is 31.2 Å². The van der Waals surface area contributed by atoms with Gasteiger partial charge < -0.3 is 9.47 Å². The summed E-state index contributed by atoms with van der Waals surface area (Å²) in [6.07, 6.45) is -0.959. The normalized spacial score (nSPS) is 9.71. The molecule has 0 fully saturated rings. The van der Waals surface area contributed by atoms with E-state index < -0.39 is 18.1 Å². The summed E-state index contributed by atoms with van der Waals surface area (Å²) in [6, 6.07) is 13.9. The summed E-state index contributed by atoms with van der Waals surface area (Å²) in [5.41, 5.74) is 0.132. The van der Waals surface area contributed by atoms with Crippen molar-refractivity contribution < 1.29 is 33.6 Å². The number of ether oxygens (including phenoxy) is 2. The molecule has 0 radical (unpaired) electrons. The molecule has 0 saturated heterocycles. The molecule has 0 spiro atoms. The fourth-order valence-corrected chi connectivity index (χ4v) is 1.70. The second kappa shape index (κ2) is 8.33. The molecular weight excluding hydrogens is 316 g/mol. The number of hydrogen-bond donors (Lipinski definition) is 0. The molecule has 0 aromatic heterocycles. The van der Waals surface area contributed by atoms with Crippen LogP contribution in [-0.2, 0) is 14.5 Å². The Bertz CT molecular complexity index is 725. The highest BCUT2D eigenvalue weighted by atomic mass is 17.2. The molecule has 2 rings (SSSR count). The van der Waals surface area contributed by atoms with Crippen LogP contribution in [0.1, 0.15) is 27.6 Å². The van der Waals surface area contributed by atoms with Crippen molar-refractivity contribution in [2.45, 2.75) is 6.92 Å². The Hall–Kier alpha value is -3.35. The van der Waals surface area contributed by atoms with E-state index in [4.69, 9.17) is 4.74 Å². The first kappa shape index (κ1) is 17.0. The van der Waals surface area contributed by atoms with Crippen molar-refractivity contribution in [1.82, 2.24) is 0 Å². The molecule has 0 unspecified atom stereocenters. The fourth-order valence-electron chi connectivity index (χ4n) is 1.70. The van der Waals surface area contributed by atoms with Crippen LogP contribution in [0, 0.1) is 0 Å². The van der Waals surface area contributed by atoms with Gasteiger partial charge in [-0.25, -0.2) is 24.2 Å². The average molecular weight is 330 g/mol. The molecular formula is C17H14O7. The molecule has 0 heterocycles. The van der Waals surface area contributed by atoms with Crippen LogP contribution in [0.2, 0.25) is 0 Å². The number of para-hydroxylation sites is 1. The SMILES string of the molecule is CCOC(=O)Oc1ccccc1C(=O)OOC(=O)c1ccccc1. The lowest BCUT2D eigenvalue weighted by Crippen LogP contribution is -2.15. The third-order valence-corrected chi connectivity index (χ3v) is 2.76. The first-order valence-corrected chi connectivity index (χ1v) is 7.03. The summed E-state index contributed by atoms with van der Waals surface area (Å²) in [7, 11) is 0. The molecule has 0 aliphatic carbocycles. The lowest BCUT2D eigenvalue weighted by atomic mass is 10.2. The maximum absolute atomic E-state index is 12.0. The van der Waals surface area contributed by atoms with Gasteiger partial charge in [-0.05, 0) is 31.2 Å². The van der Waals surface area contributed by atoms with Crippen LogP contribution in [0.25, 0.3) is 0 Å². The van der Waals surface area contributed by atoms with E-state index in [1.165, 1.54) is 30.3 Å². The van der Waals surface area contributed by atoms with Crippen molar-refractivity contribution in [1.29, 1.82) is 0 Å². The lowest BCUT2D eigenvalue weighted by molar-refractivity contribution is -0.187. The molecule has 24 heavy (non-hydrogen) atoms. The van der Waals surface area contributed by atoms with Crippen LogP contribution in [0.4, 0.5) is 4.79 Å². The van der Waals surface area contributed by atoms with Gasteiger partial charge in [0.1, 0.15) is 11.3 Å². The Balaban J connectivity index is 2.02. The molecule has 0 amide bonds. The van der Waals surface area contributed by atoms with Crippen LogP contribution in [-0.4, -0.2) is 24.7 Å². The third-order valence-electron chi connectivity index (χ3n) is 2.76. The van der Waals surface area contributed by atoms with Gasteiger partial charge in [0.15, 0.2) is 0 Å². The second-order valence-electron chi connectivity index (χ2n) is 4.39. The Morgan fingerprint density at radius 2 is 1.46 bits per heavy atom. The first-order chi connectivity index (χ1) is 11.6. The van der Waals surface area contributed by atoms with E-state index in [0.29, 0.717) is 0 Å². The summed E-state index contributed by atoms with van der Waals surface area (Å²) in [6.45, 7) is 1.74. The molecule has 0 saturated carbocycles. The topological polar surface area (TPSA) is 88.1 Å². The van der Waals surface area contributed by atoms with E-state index in [9.17, 15) is 14.4 Å². The highest BCUT2D eigenvalue weighted by Gasteiger charge is 2.19. The minimum atomic E-state index is -0.987. The van der Waals surface area contributed by atoms with Crippen molar-refractivity contribution in [3.8, 4) is 5.75 Å². The highest BCUT2D eigenvalue weighted by Crippen LogP contribution is 2.20. The summed E-state index contributed by atoms with van der Waals surface area (Å²) in [5.74, 6) is -1.89. The van der Waals surface area contributed by atoms with Crippen LogP contribution < -0.4 is 4.74 Å². The van der Waals surface area contributed by atoms with Gasteiger partial charge in [-0.2, -0.15) is 0 Å². The maximum atomic E-state index is 12.0. The predicted octanol–water partition coefficient (Wildman–Crippen LogP) is 3.15. The minimum absolute atomic E-state index is 0.0725. The molecule has 0 atom stereocenters. The molecule has 0 bridgehead atoms. The zero-order valence-corrected chi connectivity index (χ0v) is 12.8. The molecule has 0 N–H and O–H groups in total. The smallest absolute Gasteiger partial charge is 0.434 e. The van der Waals surface area contributed by atoms with Gasteiger partial charge in [-0.1, -0.05) is 30.3 Å². The van der Waals surface area contributed by atoms with E-state index in [2.05, 4.69) is 14.5 Å². The summed E-state index contributed by atoms with van der Waals surface area (Å²) < 4.78 is 9.53. The van der Waals surface area contributed by atoms with Crippen LogP contribution >= 0.6 is 0 Å². The third kappa shape index (κ3) is 4.57. The molecule has 2 aromatic rings. The Morgan fingerprint density at radius 1 is 0.833 bits per heavy atom. The molecule has 0 aliphatic rings. The van der Waals surface area contributed by atoms with Gasteiger partial charge in [0.2, 0.25) is 0 Å². The van der Waals surface area contributed by atoms with Gasteiger partial charge >= 0.3 is 18.1 Å². The Kier molecular flexibility index (Phi) is 5.90. The van der Waals surface area contributed by atoms with Crippen molar-refractivity contribution in [2.75, 3.05) is 6.61 Å². The highest BCUT2D eigenvalue weighted by molar-refractivity contribution is 5.94. The van der Waals surface area contributed by atoms with Gasteiger partial charge in [-0.3, -0.25) is 0 Å². The standard InChI is InChI=1S/C17H14O7/c1-2-21-17(20)22-14-11-7-6-10-13(14)16(19)24-23-15(18)12-8-4-3-5-9-12/h3-11H,2H2,1H3. The maximum Gasteiger partial charge on any atom is 0.513 e. The largest absolute Gasteiger partial charge is 0.513 e. The molecule has 124 valence electrons. The fraction of sp³-hybridized carbons (Fsp3) is 0.118. The molecule has 7 nitrogen and oxygen atoms in total. The van der Waals surface area contributed by atoms with Crippen LogP contribution in [0.3, 0.4) is 0 Å². The zero-order chi connectivity index (χ0) is 17.4. The summed E-state index contributed by atoms with van der Waals surface area (Å²) in [4.78, 5) is 44.1. The van der Waals surface area contributed by atoms with E-state index in [-0.39, 0.29) is 23.5 Å². The van der Waals surface area contributed by atoms with Gasteiger partial charge in [0.05, 0.1) is 12.2 Å². The van der Waals surface area contributed by atoms with Crippen molar-refractivity contribution in [3.05, 3.63) is 65.7 Å². The van der Waals surface area contributed by atoms with Crippen LogP contribution in [0.5, 0.6) is 5.75 Å². The zero-order valence-electron chi connectivity index (χ0n) is 12.8. The molecule has 7 heteroatoms. The van der Waals surface area contributed by atoms with Gasteiger partial charge in [0, 0.05) is 0 Å². The number of hydrogen-bond acceptors (Lipinski definition) is 7. The lowest BCUT2D eigenvalue weighted by Gasteiger charge is -2.08. The Morgan fingerprint density at radius 3 is 2.17 bits per heavy atom. The van der Waals surface area contributed by atoms with Crippen molar-refractivity contribution in [2.24, 2.45) is 0 Å². The summed E-state index contributed by atoms with van der Waals surface area (Å²) in [5, 5.41) is 0. The molecule has 2 aromatic carbocycles. The molecule has 0 aliphatic heterocycles. The van der Waals surface area contributed by atoms with E-state index in [0.717, 1.165) is 0 Å².